The van der Waals surface area contributed by atoms with Gasteiger partial charge in [0.25, 0.3) is 11.5 Å². The third kappa shape index (κ3) is 4.31. The first-order chi connectivity index (χ1) is 15.7. The summed E-state index contributed by atoms with van der Waals surface area (Å²) in [6.45, 7) is 4.20. The van der Waals surface area contributed by atoms with Crippen LogP contribution in [-0.2, 0) is 10.0 Å². The molecule has 1 aromatic carbocycles. The normalized spacial score (nSPS) is 15.6. The minimum absolute atomic E-state index is 0.0349. The molecule has 1 fully saturated rings. The number of nitrogens with one attached hydrogen (secondary N) is 1. The lowest BCUT2D eigenvalue weighted by atomic mass is 10.0. The second-order valence-electron chi connectivity index (χ2n) is 8.89. The quantitative estimate of drug-likeness (QED) is 0.513. The number of rotatable bonds is 7. The van der Waals surface area contributed by atoms with Gasteiger partial charge in [0.1, 0.15) is 17.0 Å². The van der Waals surface area contributed by atoms with Crippen LogP contribution in [0.2, 0.25) is 0 Å². The molecule has 1 aliphatic rings. The van der Waals surface area contributed by atoms with Crippen LogP contribution in [0, 0.1) is 11.2 Å². The molecule has 0 radical (unpaired) electrons. The van der Waals surface area contributed by atoms with E-state index < -0.39 is 44.2 Å². The Morgan fingerprint density at radius 1 is 1.26 bits per heavy atom. The highest BCUT2D eigenvalue weighted by atomic mass is 32.2. The number of fused-ring (bicyclic) bond motifs is 1. The largest absolute Gasteiger partial charge is 0.368 e. The van der Waals surface area contributed by atoms with Gasteiger partial charge in [-0.15, -0.1) is 0 Å². The zero-order valence-corrected chi connectivity index (χ0v) is 19.5. The summed E-state index contributed by atoms with van der Waals surface area (Å²) in [4.78, 5) is 25.3. The third-order valence-electron chi connectivity index (χ3n) is 5.93. The van der Waals surface area contributed by atoms with Gasteiger partial charge in [0.15, 0.2) is 5.65 Å². The van der Waals surface area contributed by atoms with Crippen molar-refractivity contribution >= 4 is 32.8 Å². The fraction of sp³-hybridized carbons (Fsp3) is 0.429. The van der Waals surface area contributed by atoms with Gasteiger partial charge >= 0.3 is 0 Å². The summed E-state index contributed by atoms with van der Waals surface area (Å²) in [5, 5.41) is 0. The first-order valence-corrected chi connectivity index (χ1v) is 12.1. The van der Waals surface area contributed by atoms with Crippen molar-refractivity contribution in [2.45, 2.75) is 45.6 Å². The van der Waals surface area contributed by atoms with Crippen molar-refractivity contribution in [3.8, 4) is 11.3 Å². The number of aromatic nitrogens is 4. The minimum Gasteiger partial charge on any atom is -0.368 e. The maximum atomic E-state index is 14.9. The van der Waals surface area contributed by atoms with Crippen LogP contribution < -0.4 is 16.0 Å². The van der Waals surface area contributed by atoms with Crippen molar-refractivity contribution in [1.29, 1.82) is 0 Å². The van der Waals surface area contributed by atoms with Gasteiger partial charge in [0, 0.05) is 17.0 Å². The molecule has 1 aliphatic carbocycles. The topological polar surface area (TPSA) is 133 Å². The van der Waals surface area contributed by atoms with Crippen LogP contribution in [0.1, 0.15) is 39.7 Å². The molecule has 0 bridgehead atoms. The zero-order valence-electron chi connectivity index (χ0n) is 18.6. The Labute approximate surface area is 193 Å². The summed E-state index contributed by atoms with van der Waals surface area (Å²) in [5.74, 6) is -5.01. The number of nitrogen functional groups attached to an aromatic ring is 1. The molecular weight excluding hydrogens is 473 g/mol. The van der Waals surface area contributed by atoms with Gasteiger partial charge in [-0.1, -0.05) is 6.07 Å². The monoisotopic (exact) mass is 496 g/mol. The molecule has 0 unspecified atom stereocenters. The lowest BCUT2D eigenvalue weighted by Crippen LogP contribution is -2.35. The molecule has 0 saturated heterocycles. The van der Waals surface area contributed by atoms with Crippen LogP contribution in [-0.4, -0.2) is 39.6 Å². The average Bonchev–Trinajstić information content (AvgIpc) is 3.48. The molecule has 2 heterocycles. The maximum Gasteiger partial charge on any atom is 0.278 e. The molecule has 182 valence electrons. The van der Waals surface area contributed by atoms with Crippen molar-refractivity contribution in [3.63, 3.8) is 0 Å². The number of nitrogens with two attached hydrogens (primary N) is 1. The molecule has 3 N–H and O–H groups in total. The number of nitrogens with zero attached hydrogens (tertiary/aromatic N) is 4. The van der Waals surface area contributed by atoms with Crippen LogP contribution in [0.4, 0.5) is 24.8 Å². The summed E-state index contributed by atoms with van der Waals surface area (Å²) in [6.07, 6.45) is 1.49. The summed E-state index contributed by atoms with van der Waals surface area (Å²) in [5.41, 5.74) is 3.52. The van der Waals surface area contributed by atoms with Gasteiger partial charge < -0.3 is 5.73 Å². The van der Waals surface area contributed by atoms with Crippen LogP contribution in [0.5, 0.6) is 0 Å². The average molecular weight is 497 g/mol. The number of alkyl halides is 2. The Morgan fingerprint density at radius 3 is 2.50 bits per heavy atom. The number of sulfonamides is 1. The minimum atomic E-state index is -4.25. The van der Waals surface area contributed by atoms with Crippen molar-refractivity contribution in [2.24, 2.45) is 5.41 Å². The number of benzene rings is 1. The zero-order chi connectivity index (χ0) is 25.1. The molecule has 2 aromatic heterocycles. The molecule has 0 amide bonds. The van der Waals surface area contributed by atoms with E-state index >= 15 is 0 Å². The van der Waals surface area contributed by atoms with Crippen LogP contribution in [0.25, 0.3) is 22.4 Å². The lowest BCUT2D eigenvalue weighted by Gasteiger charge is -2.23. The molecule has 34 heavy (non-hydrogen) atoms. The summed E-state index contributed by atoms with van der Waals surface area (Å²) in [6, 6.07) is 3.07. The highest BCUT2D eigenvalue weighted by Crippen LogP contribution is 2.57. The van der Waals surface area contributed by atoms with Crippen molar-refractivity contribution in [2.75, 3.05) is 16.2 Å². The van der Waals surface area contributed by atoms with Crippen LogP contribution in [0.15, 0.2) is 29.2 Å². The van der Waals surface area contributed by atoms with Crippen molar-refractivity contribution in [3.05, 3.63) is 40.6 Å². The molecule has 1 saturated carbocycles. The molecule has 3 aromatic rings. The second-order valence-corrected chi connectivity index (χ2v) is 10.6. The summed E-state index contributed by atoms with van der Waals surface area (Å²) < 4.78 is 70.7. The van der Waals surface area contributed by atoms with Gasteiger partial charge in [0.05, 0.1) is 17.6 Å². The highest BCUT2D eigenvalue weighted by Gasteiger charge is 2.61. The first-order valence-electron chi connectivity index (χ1n) is 10.5. The predicted octanol–water partition coefficient (Wildman–Crippen LogP) is 3.33. The van der Waals surface area contributed by atoms with E-state index in [4.69, 9.17) is 5.73 Å². The number of hydrogen-bond donors (Lipinski definition) is 2. The van der Waals surface area contributed by atoms with E-state index in [1.54, 1.807) is 13.8 Å². The molecular formula is C21H23F3N6O3S. The fourth-order valence-corrected chi connectivity index (χ4v) is 5.70. The number of anilines is 2. The number of halogens is 3. The highest BCUT2D eigenvalue weighted by molar-refractivity contribution is 7.92. The van der Waals surface area contributed by atoms with Gasteiger partial charge in [-0.2, -0.15) is 4.98 Å². The van der Waals surface area contributed by atoms with E-state index in [0.29, 0.717) is 6.92 Å². The Morgan fingerprint density at radius 2 is 1.94 bits per heavy atom. The van der Waals surface area contributed by atoms with Crippen molar-refractivity contribution in [1.82, 2.24) is 19.5 Å². The molecule has 4 rings (SSSR count). The Bertz CT molecular complexity index is 1450. The first kappa shape index (κ1) is 23.9. The standard InChI is InChI=1S/C21H23F3N6O3S/c1-11(2)30-17-15(9-26-19(25)28-17)27-16(18(30)31)12-4-5-14(13(22)8-12)29-34(32,33)10-21(6-7-21)20(3,23)24/h4-5,8-9,11,29H,6-7,10H2,1-3H3,(H2,25,26,28). The Balaban J connectivity index is 1.70. The molecule has 0 spiro atoms. The smallest absolute Gasteiger partial charge is 0.278 e. The van der Waals surface area contributed by atoms with Gasteiger partial charge in [-0.05, 0) is 45.7 Å². The predicted molar refractivity (Wildman–Crippen MR) is 121 cm³/mol. The van der Waals surface area contributed by atoms with Gasteiger partial charge in [0.2, 0.25) is 16.0 Å². The molecule has 9 nitrogen and oxygen atoms in total. The van der Waals surface area contributed by atoms with E-state index in [-0.39, 0.29) is 47.3 Å². The third-order valence-corrected chi connectivity index (χ3v) is 7.39. The van der Waals surface area contributed by atoms with Crippen LogP contribution in [0.3, 0.4) is 0 Å². The van der Waals surface area contributed by atoms with Gasteiger partial charge in [-0.3, -0.25) is 14.1 Å². The molecule has 13 heteroatoms. The summed E-state index contributed by atoms with van der Waals surface area (Å²) >= 11 is 0. The maximum absolute atomic E-state index is 14.9. The van der Waals surface area contributed by atoms with Crippen LogP contribution >= 0.6 is 0 Å². The lowest BCUT2D eigenvalue weighted by molar-refractivity contribution is -0.0446. The van der Waals surface area contributed by atoms with E-state index in [1.165, 1.54) is 16.8 Å². The summed E-state index contributed by atoms with van der Waals surface area (Å²) in [7, 11) is -4.25. The molecule has 0 atom stereocenters. The SMILES string of the molecule is CC(C)n1c(=O)c(-c2ccc(NS(=O)(=O)CC3(C(C)(F)F)CC3)c(F)c2)nc2cnc(N)nc21. The van der Waals surface area contributed by atoms with Gasteiger partial charge in [-0.25, -0.2) is 31.6 Å². The van der Waals surface area contributed by atoms with Crippen molar-refractivity contribution < 1.29 is 21.6 Å². The van der Waals surface area contributed by atoms with E-state index in [2.05, 4.69) is 15.0 Å². The Kier molecular flexibility index (Phi) is 5.58. The second kappa shape index (κ2) is 7.93. The Hall–Kier alpha value is -3.22. The van der Waals surface area contributed by atoms with E-state index in [0.717, 1.165) is 12.1 Å². The van der Waals surface area contributed by atoms with E-state index in [1.807, 2.05) is 4.72 Å². The number of hydrogen-bond acceptors (Lipinski definition) is 7. The van der Waals surface area contributed by atoms with E-state index in [9.17, 15) is 26.4 Å². The fourth-order valence-electron chi connectivity index (χ4n) is 3.85. The molecule has 0 aliphatic heterocycles.